The minimum absolute atomic E-state index is 0.151. The van der Waals surface area contributed by atoms with Crippen LogP contribution in [0.3, 0.4) is 0 Å². The number of hydrogen-bond acceptors (Lipinski definition) is 6. The van der Waals surface area contributed by atoms with Gasteiger partial charge in [0.15, 0.2) is 0 Å². The van der Waals surface area contributed by atoms with Crippen molar-refractivity contribution >= 4 is 28.8 Å². The second kappa shape index (κ2) is 5.62. The van der Waals surface area contributed by atoms with Gasteiger partial charge in [0.05, 0.1) is 16.1 Å². The van der Waals surface area contributed by atoms with Crippen molar-refractivity contribution in [1.29, 1.82) is 0 Å². The van der Waals surface area contributed by atoms with Gasteiger partial charge in [-0.05, 0) is 13.0 Å². The van der Waals surface area contributed by atoms with E-state index < -0.39 is 0 Å². The van der Waals surface area contributed by atoms with E-state index in [9.17, 15) is 0 Å². The van der Waals surface area contributed by atoms with Gasteiger partial charge in [-0.15, -0.1) is 11.3 Å². The van der Waals surface area contributed by atoms with Crippen LogP contribution >= 0.6 is 22.9 Å². The van der Waals surface area contributed by atoms with Gasteiger partial charge >= 0.3 is 0 Å². The molecule has 2 heterocycles. The lowest BCUT2D eigenvalue weighted by molar-refractivity contribution is 0.550. The van der Waals surface area contributed by atoms with E-state index in [-0.39, 0.29) is 6.04 Å². The topological polar surface area (TPSA) is 89.8 Å². The van der Waals surface area contributed by atoms with Gasteiger partial charge in [-0.2, -0.15) is 0 Å². The summed E-state index contributed by atoms with van der Waals surface area (Å²) in [4.78, 5) is 8.43. The van der Waals surface area contributed by atoms with Gasteiger partial charge in [0, 0.05) is 29.3 Å². The predicted octanol–water partition coefficient (Wildman–Crippen LogP) is 1.83. The molecule has 0 aliphatic carbocycles. The first-order chi connectivity index (χ1) is 8.60. The number of thiazole rings is 1. The molecule has 2 aromatic rings. The van der Waals surface area contributed by atoms with Crippen LogP contribution in [0.1, 0.15) is 22.3 Å². The van der Waals surface area contributed by atoms with Crippen LogP contribution in [0.2, 0.25) is 5.02 Å². The molecule has 2 rings (SSSR count). The number of anilines is 1. The number of halogens is 1. The van der Waals surface area contributed by atoms with Crippen LogP contribution in [0.5, 0.6) is 0 Å². The highest BCUT2D eigenvalue weighted by Crippen LogP contribution is 2.25. The molecule has 18 heavy (non-hydrogen) atoms. The third kappa shape index (κ3) is 2.97. The van der Waals surface area contributed by atoms with Crippen molar-refractivity contribution in [2.24, 2.45) is 5.84 Å². The number of nitrogens with zero attached hydrogens (tertiary/aromatic N) is 2. The SMILES string of the molecule is Cc1csc(CC(NN)c2cc(Cl)cnc2N)n1. The molecule has 0 saturated carbocycles. The Hall–Kier alpha value is -1.21. The summed E-state index contributed by atoms with van der Waals surface area (Å²) in [5.41, 5.74) is 10.4. The number of aryl methyl sites for hydroxylation is 1. The first-order valence-electron chi connectivity index (χ1n) is 5.38. The molecule has 0 aromatic carbocycles. The zero-order chi connectivity index (χ0) is 13.1. The zero-order valence-corrected chi connectivity index (χ0v) is 11.4. The van der Waals surface area contributed by atoms with E-state index in [0.717, 1.165) is 16.3 Å². The van der Waals surface area contributed by atoms with E-state index in [1.807, 2.05) is 12.3 Å². The maximum atomic E-state index is 5.93. The summed E-state index contributed by atoms with van der Waals surface area (Å²) >= 11 is 7.52. The lowest BCUT2D eigenvalue weighted by Crippen LogP contribution is -2.30. The summed E-state index contributed by atoms with van der Waals surface area (Å²) in [5, 5.41) is 3.53. The fourth-order valence-electron chi connectivity index (χ4n) is 1.67. The maximum absolute atomic E-state index is 5.93. The van der Waals surface area contributed by atoms with Gasteiger partial charge in [-0.1, -0.05) is 11.6 Å². The molecule has 5 N–H and O–H groups in total. The van der Waals surface area contributed by atoms with Crippen LogP contribution in [0.25, 0.3) is 0 Å². The fourth-order valence-corrected chi connectivity index (χ4v) is 2.66. The second-order valence-corrected chi connectivity index (χ2v) is 5.31. The number of nitrogen functional groups attached to an aromatic ring is 1. The molecule has 0 fully saturated rings. The first kappa shape index (κ1) is 13.2. The Morgan fingerprint density at radius 3 is 2.94 bits per heavy atom. The molecule has 0 amide bonds. The average Bonchev–Trinajstić information content (AvgIpc) is 2.75. The standard InChI is InChI=1S/C11H14ClN5S/c1-6-5-18-10(16-6)3-9(17-14)8-2-7(12)4-15-11(8)13/h2,4-5,9,17H,3,14H2,1H3,(H2,13,15). The van der Waals surface area contributed by atoms with Crippen LogP contribution in [-0.2, 0) is 6.42 Å². The molecule has 5 nitrogen and oxygen atoms in total. The number of aromatic nitrogens is 2. The Kier molecular flexibility index (Phi) is 4.13. The zero-order valence-electron chi connectivity index (χ0n) is 9.85. The number of pyridine rings is 1. The monoisotopic (exact) mass is 283 g/mol. The number of nitrogens with two attached hydrogens (primary N) is 2. The minimum atomic E-state index is -0.151. The normalized spacial score (nSPS) is 12.6. The molecular formula is C11H14ClN5S. The molecule has 96 valence electrons. The average molecular weight is 284 g/mol. The third-order valence-electron chi connectivity index (χ3n) is 2.54. The highest BCUT2D eigenvalue weighted by Gasteiger charge is 2.16. The van der Waals surface area contributed by atoms with Crippen molar-refractivity contribution in [3.63, 3.8) is 0 Å². The molecule has 0 spiro atoms. The minimum Gasteiger partial charge on any atom is -0.383 e. The van der Waals surface area contributed by atoms with Gasteiger partial charge in [-0.3, -0.25) is 11.3 Å². The van der Waals surface area contributed by atoms with Crippen molar-refractivity contribution < 1.29 is 0 Å². The predicted molar refractivity (Wildman–Crippen MR) is 74.3 cm³/mol. The van der Waals surface area contributed by atoms with E-state index in [0.29, 0.717) is 17.3 Å². The molecule has 1 atom stereocenters. The summed E-state index contributed by atoms with van der Waals surface area (Å²) in [6, 6.07) is 1.62. The molecule has 0 aliphatic heterocycles. The van der Waals surface area contributed by atoms with Gasteiger partial charge in [0.2, 0.25) is 0 Å². The van der Waals surface area contributed by atoms with Gasteiger partial charge in [0.1, 0.15) is 5.82 Å². The van der Waals surface area contributed by atoms with Gasteiger partial charge in [-0.25, -0.2) is 9.97 Å². The highest BCUT2D eigenvalue weighted by atomic mass is 35.5. The Morgan fingerprint density at radius 1 is 1.56 bits per heavy atom. The van der Waals surface area contributed by atoms with Crippen molar-refractivity contribution in [2.75, 3.05) is 5.73 Å². The van der Waals surface area contributed by atoms with Crippen LogP contribution < -0.4 is 17.0 Å². The number of rotatable bonds is 4. The molecule has 0 radical (unpaired) electrons. The van der Waals surface area contributed by atoms with Crippen LogP contribution in [0.4, 0.5) is 5.82 Å². The summed E-state index contributed by atoms with van der Waals surface area (Å²) in [5.74, 6) is 6.01. The van der Waals surface area contributed by atoms with E-state index in [2.05, 4.69) is 15.4 Å². The van der Waals surface area contributed by atoms with Crippen molar-refractivity contribution in [3.05, 3.63) is 38.9 Å². The van der Waals surface area contributed by atoms with Crippen molar-refractivity contribution in [3.8, 4) is 0 Å². The van der Waals surface area contributed by atoms with E-state index in [4.69, 9.17) is 23.2 Å². The van der Waals surface area contributed by atoms with Crippen LogP contribution in [-0.4, -0.2) is 9.97 Å². The maximum Gasteiger partial charge on any atom is 0.128 e. The van der Waals surface area contributed by atoms with E-state index in [1.165, 1.54) is 6.20 Å². The highest BCUT2D eigenvalue weighted by molar-refractivity contribution is 7.09. The Bertz CT molecular complexity index is 542. The van der Waals surface area contributed by atoms with Crippen molar-refractivity contribution in [2.45, 2.75) is 19.4 Å². The summed E-state index contributed by atoms with van der Waals surface area (Å²) < 4.78 is 0. The summed E-state index contributed by atoms with van der Waals surface area (Å²) in [6.45, 7) is 1.96. The Morgan fingerprint density at radius 2 is 2.33 bits per heavy atom. The lowest BCUT2D eigenvalue weighted by Gasteiger charge is -2.16. The Labute approximate surface area is 114 Å². The molecule has 1 unspecified atom stereocenters. The number of hydrogen-bond donors (Lipinski definition) is 3. The number of hydrazine groups is 1. The molecule has 0 aliphatic rings. The van der Waals surface area contributed by atoms with Crippen LogP contribution in [0.15, 0.2) is 17.6 Å². The number of nitrogens with one attached hydrogen (secondary N) is 1. The first-order valence-corrected chi connectivity index (χ1v) is 6.64. The fraction of sp³-hybridized carbons (Fsp3) is 0.273. The molecular weight excluding hydrogens is 270 g/mol. The largest absolute Gasteiger partial charge is 0.383 e. The van der Waals surface area contributed by atoms with Crippen LogP contribution in [0, 0.1) is 6.92 Å². The van der Waals surface area contributed by atoms with E-state index >= 15 is 0 Å². The lowest BCUT2D eigenvalue weighted by atomic mass is 10.1. The molecule has 2 aromatic heterocycles. The Balaban J connectivity index is 2.25. The summed E-state index contributed by atoms with van der Waals surface area (Å²) in [7, 11) is 0. The van der Waals surface area contributed by atoms with Gasteiger partial charge in [0.25, 0.3) is 0 Å². The molecule has 0 bridgehead atoms. The second-order valence-electron chi connectivity index (χ2n) is 3.93. The quantitative estimate of drug-likeness (QED) is 0.588. The van der Waals surface area contributed by atoms with Gasteiger partial charge < -0.3 is 5.73 Å². The molecule has 0 saturated heterocycles. The van der Waals surface area contributed by atoms with Crippen molar-refractivity contribution in [1.82, 2.24) is 15.4 Å². The summed E-state index contributed by atoms with van der Waals surface area (Å²) in [6.07, 6.45) is 2.17. The third-order valence-corrected chi connectivity index (χ3v) is 3.73. The van der Waals surface area contributed by atoms with E-state index in [1.54, 1.807) is 17.4 Å². The molecule has 7 heteroatoms. The smallest absolute Gasteiger partial charge is 0.128 e.